The molecule has 5 nitrogen and oxygen atoms in total. The number of hydrogen-bond donors (Lipinski definition) is 1. The number of amides is 2. The van der Waals surface area contributed by atoms with Gasteiger partial charge in [-0.25, -0.2) is 0 Å². The SMILES string of the molecule is NC(=O)C1COCCN1C(=O)c1ccc(Cl)cc1Br. The van der Waals surface area contributed by atoms with Crippen molar-refractivity contribution in [1.82, 2.24) is 4.90 Å². The monoisotopic (exact) mass is 346 g/mol. The van der Waals surface area contributed by atoms with Crippen molar-refractivity contribution in [3.8, 4) is 0 Å². The number of ether oxygens (including phenoxy) is 1. The minimum atomic E-state index is -0.733. The molecule has 2 N–H and O–H groups in total. The van der Waals surface area contributed by atoms with Gasteiger partial charge in [0.25, 0.3) is 5.91 Å². The van der Waals surface area contributed by atoms with E-state index >= 15 is 0 Å². The quantitative estimate of drug-likeness (QED) is 0.879. The van der Waals surface area contributed by atoms with Crippen molar-refractivity contribution >= 4 is 39.3 Å². The molecular formula is C12H12BrClN2O3. The fourth-order valence-corrected chi connectivity index (χ4v) is 2.75. The molecular weight excluding hydrogens is 336 g/mol. The first-order valence-electron chi connectivity index (χ1n) is 5.64. The molecule has 1 aromatic carbocycles. The van der Waals surface area contributed by atoms with Crippen LogP contribution in [0, 0.1) is 0 Å². The first kappa shape index (κ1) is 14.3. The van der Waals surface area contributed by atoms with Gasteiger partial charge in [0.15, 0.2) is 0 Å². The van der Waals surface area contributed by atoms with E-state index in [1.807, 2.05) is 0 Å². The maximum atomic E-state index is 12.4. The van der Waals surface area contributed by atoms with Crippen LogP contribution in [0.25, 0.3) is 0 Å². The Morgan fingerprint density at radius 2 is 2.21 bits per heavy atom. The lowest BCUT2D eigenvalue weighted by atomic mass is 10.1. The summed E-state index contributed by atoms with van der Waals surface area (Å²) < 4.78 is 5.76. The number of carbonyl (C=O) groups excluding carboxylic acids is 2. The summed E-state index contributed by atoms with van der Waals surface area (Å²) in [5.74, 6) is -0.839. The van der Waals surface area contributed by atoms with Gasteiger partial charge >= 0.3 is 0 Å². The summed E-state index contributed by atoms with van der Waals surface area (Å²) in [4.78, 5) is 25.2. The lowest BCUT2D eigenvalue weighted by Crippen LogP contribution is -2.54. The van der Waals surface area contributed by atoms with Gasteiger partial charge in [-0.3, -0.25) is 9.59 Å². The normalized spacial score (nSPS) is 19.3. The zero-order valence-corrected chi connectivity index (χ0v) is 12.3. The second-order valence-corrected chi connectivity index (χ2v) is 5.41. The summed E-state index contributed by atoms with van der Waals surface area (Å²) in [6.45, 7) is 0.856. The van der Waals surface area contributed by atoms with Gasteiger partial charge in [0.05, 0.1) is 18.8 Å². The number of nitrogens with two attached hydrogens (primary N) is 1. The summed E-state index contributed by atoms with van der Waals surface area (Å²) in [6, 6.07) is 4.14. The van der Waals surface area contributed by atoms with Gasteiger partial charge in [0.1, 0.15) is 6.04 Å². The standard InChI is InChI=1S/C12H12BrClN2O3/c13-9-5-7(14)1-2-8(9)12(18)16-3-4-19-6-10(16)11(15)17/h1-2,5,10H,3-4,6H2,(H2,15,17). The predicted octanol–water partition coefficient (Wildman–Crippen LogP) is 1.43. The molecule has 1 unspecified atom stereocenters. The lowest BCUT2D eigenvalue weighted by molar-refractivity contribution is -0.127. The van der Waals surface area contributed by atoms with E-state index < -0.39 is 11.9 Å². The van der Waals surface area contributed by atoms with Crippen LogP contribution in [0.5, 0.6) is 0 Å². The van der Waals surface area contributed by atoms with Crippen LogP contribution in [-0.2, 0) is 9.53 Å². The molecule has 1 aromatic rings. The highest BCUT2D eigenvalue weighted by Crippen LogP contribution is 2.24. The number of hydrogen-bond acceptors (Lipinski definition) is 3. The van der Waals surface area contributed by atoms with Crippen molar-refractivity contribution in [3.63, 3.8) is 0 Å². The molecule has 1 aliphatic rings. The Labute approximate surface area is 123 Å². The Bertz CT molecular complexity index is 524. The molecule has 0 bridgehead atoms. The largest absolute Gasteiger partial charge is 0.377 e. The second-order valence-electron chi connectivity index (χ2n) is 4.12. The molecule has 7 heteroatoms. The van der Waals surface area contributed by atoms with Crippen molar-refractivity contribution in [1.29, 1.82) is 0 Å². The third-order valence-electron chi connectivity index (χ3n) is 2.88. The fourth-order valence-electron chi connectivity index (χ4n) is 1.90. The Hall–Kier alpha value is -1.11. The highest BCUT2D eigenvalue weighted by molar-refractivity contribution is 9.10. The number of rotatable bonds is 2. The summed E-state index contributed by atoms with van der Waals surface area (Å²) in [5.41, 5.74) is 5.73. The molecule has 1 fully saturated rings. The molecule has 0 spiro atoms. The van der Waals surface area contributed by atoms with Gasteiger partial charge in [0, 0.05) is 16.0 Å². The van der Waals surface area contributed by atoms with E-state index in [0.717, 1.165) is 0 Å². The average Bonchev–Trinajstić information content (AvgIpc) is 2.38. The highest BCUT2D eigenvalue weighted by atomic mass is 79.9. The number of carbonyl (C=O) groups is 2. The third kappa shape index (κ3) is 3.08. The Morgan fingerprint density at radius 1 is 1.47 bits per heavy atom. The molecule has 0 aliphatic carbocycles. The molecule has 2 amide bonds. The Morgan fingerprint density at radius 3 is 2.84 bits per heavy atom. The van der Waals surface area contributed by atoms with Gasteiger partial charge in [0.2, 0.25) is 5.91 Å². The van der Waals surface area contributed by atoms with Gasteiger partial charge in [-0.1, -0.05) is 11.6 Å². The first-order chi connectivity index (χ1) is 9.00. The van der Waals surface area contributed by atoms with Crippen molar-refractivity contribution < 1.29 is 14.3 Å². The molecule has 1 atom stereocenters. The topological polar surface area (TPSA) is 72.6 Å². The van der Waals surface area contributed by atoms with Crippen LogP contribution < -0.4 is 5.73 Å². The number of nitrogens with zero attached hydrogens (tertiary/aromatic N) is 1. The second kappa shape index (κ2) is 5.90. The van der Waals surface area contributed by atoms with E-state index in [1.54, 1.807) is 18.2 Å². The summed E-state index contributed by atoms with van der Waals surface area (Å²) in [6.07, 6.45) is 0. The van der Waals surface area contributed by atoms with E-state index in [-0.39, 0.29) is 12.5 Å². The van der Waals surface area contributed by atoms with E-state index in [0.29, 0.717) is 28.2 Å². The van der Waals surface area contributed by atoms with Crippen LogP contribution >= 0.6 is 27.5 Å². The zero-order chi connectivity index (χ0) is 14.0. The minimum Gasteiger partial charge on any atom is -0.377 e. The van der Waals surface area contributed by atoms with E-state index in [2.05, 4.69) is 15.9 Å². The molecule has 1 heterocycles. The zero-order valence-electron chi connectivity index (χ0n) is 9.94. The van der Waals surface area contributed by atoms with Crippen LogP contribution in [0.4, 0.5) is 0 Å². The molecule has 0 aromatic heterocycles. The fraction of sp³-hybridized carbons (Fsp3) is 0.333. The first-order valence-corrected chi connectivity index (χ1v) is 6.81. The maximum absolute atomic E-state index is 12.4. The van der Waals surface area contributed by atoms with Crippen LogP contribution in [0.1, 0.15) is 10.4 Å². The number of halogens is 2. The van der Waals surface area contributed by atoms with Crippen LogP contribution in [0.3, 0.4) is 0 Å². The summed E-state index contributed by atoms with van der Waals surface area (Å²) in [5, 5.41) is 0.525. The van der Waals surface area contributed by atoms with Crippen molar-refractivity contribution in [2.45, 2.75) is 6.04 Å². The van der Waals surface area contributed by atoms with Gasteiger partial charge in [-0.2, -0.15) is 0 Å². The molecule has 0 radical (unpaired) electrons. The average molecular weight is 348 g/mol. The van der Waals surface area contributed by atoms with Crippen LogP contribution in [0.15, 0.2) is 22.7 Å². The molecule has 19 heavy (non-hydrogen) atoms. The summed E-state index contributed by atoms with van der Waals surface area (Å²) >= 11 is 9.13. The van der Waals surface area contributed by atoms with Gasteiger partial charge < -0.3 is 15.4 Å². The predicted molar refractivity (Wildman–Crippen MR) is 74.0 cm³/mol. The smallest absolute Gasteiger partial charge is 0.255 e. The Balaban J connectivity index is 2.28. The number of morpholine rings is 1. The Kier molecular flexibility index (Phi) is 4.44. The van der Waals surface area contributed by atoms with Crippen molar-refractivity contribution in [3.05, 3.63) is 33.3 Å². The highest BCUT2D eigenvalue weighted by Gasteiger charge is 2.32. The molecule has 0 saturated carbocycles. The van der Waals surface area contributed by atoms with Crippen molar-refractivity contribution in [2.24, 2.45) is 5.73 Å². The minimum absolute atomic E-state index is 0.131. The maximum Gasteiger partial charge on any atom is 0.255 e. The van der Waals surface area contributed by atoms with E-state index in [9.17, 15) is 9.59 Å². The lowest BCUT2D eigenvalue weighted by Gasteiger charge is -2.33. The van der Waals surface area contributed by atoms with E-state index in [1.165, 1.54) is 4.90 Å². The van der Waals surface area contributed by atoms with Gasteiger partial charge in [-0.05, 0) is 34.1 Å². The van der Waals surface area contributed by atoms with Crippen LogP contribution in [-0.4, -0.2) is 42.5 Å². The third-order valence-corrected chi connectivity index (χ3v) is 3.77. The van der Waals surface area contributed by atoms with Crippen LogP contribution in [0.2, 0.25) is 5.02 Å². The number of benzene rings is 1. The molecule has 102 valence electrons. The number of primary amides is 1. The molecule has 1 saturated heterocycles. The summed E-state index contributed by atoms with van der Waals surface area (Å²) in [7, 11) is 0. The molecule has 2 rings (SSSR count). The molecule has 1 aliphatic heterocycles. The van der Waals surface area contributed by atoms with Crippen molar-refractivity contribution in [2.75, 3.05) is 19.8 Å². The van der Waals surface area contributed by atoms with Gasteiger partial charge in [-0.15, -0.1) is 0 Å². The van der Waals surface area contributed by atoms with E-state index in [4.69, 9.17) is 22.1 Å².